The molecule has 0 aromatic carbocycles. The Morgan fingerprint density at radius 2 is 1.48 bits per heavy atom. The maximum Gasteiger partial charge on any atom is 0.282 e. The monoisotopic (exact) mass is 332 g/mol. The largest absolute Gasteiger partial charge is 0.331 e. The van der Waals surface area contributed by atoms with Crippen LogP contribution in [0.15, 0.2) is 0 Å². The Kier molecular flexibility index (Phi) is 15.2. The second kappa shape index (κ2) is 15.3. The van der Waals surface area contributed by atoms with Gasteiger partial charge in [-0.1, -0.05) is 45.4 Å². The lowest BCUT2D eigenvalue weighted by Crippen LogP contribution is -2.38. The summed E-state index contributed by atoms with van der Waals surface area (Å²) in [7, 11) is 4.94. The first-order valence-corrected chi connectivity index (χ1v) is 9.24. The molecule has 0 saturated carbocycles. The number of hydrogen-bond donors (Lipinski definition) is 2. The number of unbranched alkanes of at least 4 members (excludes halogenated alkanes) is 4. The normalized spacial score (nSPS) is 13.4. The summed E-state index contributed by atoms with van der Waals surface area (Å²) in [5.41, 5.74) is 5.50. The molecule has 5 nitrogen and oxygen atoms in total. The Hall–Kier alpha value is -0.200. The Morgan fingerprint density at radius 3 is 2.04 bits per heavy atom. The van der Waals surface area contributed by atoms with Crippen molar-refractivity contribution in [2.45, 2.75) is 70.7 Å². The van der Waals surface area contributed by atoms with E-state index in [2.05, 4.69) is 12.2 Å². The lowest BCUT2D eigenvalue weighted by Gasteiger charge is -2.32. The van der Waals surface area contributed by atoms with Crippen molar-refractivity contribution in [3.63, 3.8) is 0 Å². The molecule has 1 unspecified atom stereocenters. The van der Waals surface area contributed by atoms with Crippen LogP contribution in [0.3, 0.4) is 0 Å². The number of ether oxygens (including phenoxy) is 3. The Bertz CT molecular complexity index is 226. The van der Waals surface area contributed by atoms with Gasteiger partial charge in [0.1, 0.15) is 0 Å². The smallest absolute Gasteiger partial charge is 0.282 e. The molecule has 5 heteroatoms. The van der Waals surface area contributed by atoms with Gasteiger partial charge in [0, 0.05) is 40.8 Å². The van der Waals surface area contributed by atoms with Gasteiger partial charge in [0.25, 0.3) is 5.97 Å². The molecular weight excluding hydrogens is 292 g/mol. The van der Waals surface area contributed by atoms with Crippen LogP contribution in [0, 0.1) is 5.92 Å². The highest BCUT2D eigenvalue weighted by atomic mass is 16.9. The molecule has 0 aliphatic carbocycles. The highest BCUT2D eigenvalue weighted by molar-refractivity contribution is 4.68. The summed E-state index contributed by atoms with van der Waals surface area (Å²) in [5.74, 6) is -0.352. The van der Waals surface area contributed by atoms with Gasteiger partial charge in [-0.3, -0.25) is 0 Å². The Labute approximate surface area is 143 Å². The van der Waals surface area contributed by atoms with Crippen LogP contribution < -0.4 is 11.1 Å². The van der Waals surface area contributed by atoms with Crippen LogP contribution >= 0.6 is 0 Å². The van der Waals surface area contributed by atoms with Gasteiger partial charge in [0.2, 0.25) is 0 Å². The number of hydrogen-bond acceptors (Lipinski definition) is 5. The van der Waals surface area contributed by atoms with Gasteiger partial charge in [-0.25, -0.2) is 0 Å². The molecule has 0 radical (unpaired) electrons. The first kappa shape index (κ1) is 22.8. The predicted octanol–water partition coefficient (Wildman–Crippen LogP) is 3.27. The summed E-state index contributed by atoms with van der Waals surface area (Å²) in [4.78, 5) is 0. The number of nitrogens with two attached hydrogens (primary N) is 1. The Morgan fingerprint density at radius 1 is 0.870 bits per heavy atom. The van der Waals surface area contributed by atoms with E-state index in [4.69, 9.17) is 19.9 Å². The van der Waals surface area contributed by atoms with E-state index in [1.54, 1.807) is 21.3 Å². The number of rotatable bonds is 17. The molecule has 23 heavy (non-hydrogen) atoms. The second-order valence-electron chi connectivity index (χ2n) is 6.25. The van der Waals surface area contributed by atoms with Crippen LogP contribution in [0.25, 0.3) is 0 Å². The molecule has 0 saturated heterocycles. The molecular formula is C18H40N2O3. The van der Waals surface area contributed by atoms with Gasteiger partial charge in [-0.15, -0.1) is 0 Å². The maximum absolute atomic E-state index is 5.50. The van der Waals surface area contributed by atoms with Gasteiger partial charge >= 0.3 is 0 Å². The molecule has 3 N–H and O–H groups in total. The summed E-state index contributed by atoms with van der Waals surface area (Å²) >= 11 is 0. The molecule has 0 aliphatic rings. The van der Waals surface area contributed by atoms with Crippen LogP contribution in [0.4, 0.5) is 0 Å². The molecule has 0 amide bonds. The quantitative estimate of drug-likeness (QED) is 0.316. The second-order valence-corrected chi connectivity index (χ2v) is 6.25. The van der Waals surface area contributed by atoms with Crippen molar-refractivity contribution in [3.05, 3.63) is 0 Å². The van der Waals surface area contributed by atoms with Crippen molar-refractivity contribution in [2.75, 3.05) is 41.0 Å². The topological polar surface area (TPSA) is 65.7 Å². The van der Waals surface area contributed by atoms with E-state index in [-0.39, 0.29) is 0 Å². The number of nitrogens with one attached hydrogen (secondary N) is 1. The van der Waals surface area contributed by atoms with Crippen molar-refractivity contribution in [3.8, 4) is 0 Å². The molecule has 0 aromatic rings. The molecule has 0 rings (SSSR count). The Balaban J connectivity index is 4.29. The van der Waals surface area contributed by atoms with Crippen molar-refractivity contribution in [2.24, 2.45) is 11.7 Å². The SMILES string of the molecule is CCCCCCCC(CCCNCCN)CC(OC)(OC)OC. The summed E-state index contributed by atoms with van der Waals surface area (Å²) < 4.78 is 16.4. The summed E-state index contributed by atoms with van der Waals surface area (Å²) in [5, 5.41) is 3.36. The first-order chi connectivity index (χ1) is 11.2. The summed E-state index contributed by atoms with van der Waals surface area (Å²) in [6.07, 6.45) is 10.8. The van der Waals surface area contributed by atoms with Crippen molar-refractivity contribution in [1.29, 1.82) is 0 Å². The minimum absolute atomic E-state index is 0.552. The maximum atomic E-state index is 5.50. The fourth-order valence-corrected chi connectivity index (χ4v) is 2.98. The lowest BCUT2D eigenvalue weighted by atomic mass is 9.91. The zero-order valence-electron chi connectivity index (χ0n) is 15.9. The van der Waals surface area contributed by atoms with E-state index < -0.39 is 5.97 Å². The minimum atomic E-state index is -0.904. The van der Waals surface area contributed by atoms with E-state index in [9.17, 15) is 0 Å². The van der Waals surface area contributed by atoms with Crippen molar-refractivity contribution < 1.29 is 14.2 Å². The van der Waals surface area contributed by atoms with Crippen molar-refractivity contribution >= 4 is 0 Å². The lowest BCUT2D eigenvalue weighted by molar-refractivity contribution is -0.359. The average Bonchev–Trinajstić information content (AvgIpc) is 2.58. The zero-order valence-corrected chi connectivity index (χ0v) is 15.9. The van der Waals surface area contributed by atoms with E-state index in [0.717, 1.165) is 32.4 Å². The zero-order chi connectivity index (χ0) is 17.4. The average molecular weight is 333 g/mol. The molecule has 140 valence electrons. The summed E-state index contributed by atoms with van der Waals surface area (Å²) in [6.45, 7) is 4.85. The molecule has 0 spiro atoms. The van der Waals surface area contributed by atoms with Crippen LogP contribution in [0.1, 0.15) is 64.7 Å². The van der Waals surface area contributed by atoms with Crippen LogP contribution in [-0.4, -0.2) is 46.9 Å². The highest BCUT2D eigenvalue weighted by Gasteiger charge is 2.32. The van der Waals surface area contributed by atoms with Crippen molar-refractivity contribution in [1.82, 2.24) is 5.32 Å². The molecule has 0 heterocycles. The first-order valence-electron chi connectivity index (χ1n) is 9.24. The standard InChI is InChI=1S/C18H40N2O3/c1-5-6-7-8-9-11-17(12-10-14-20-15-13-19)16-18(21-2,22-3)23-4/h17,20H,5-16,19H2,1-4H3. The van der Waals surface area contributed by atoms with E-state index >= 15 is 0 Å². The third-order valence-corrected chi connectivity index (χ3v) is 4.47. The highest BCUT2D eigenvalue weighted by Crippen LogP contribution is 2.29. The van der Waals surface area contributed by atoms with E-state index in [0.29, 0.717) is 12.5 Å². The fraction of sp³-hybridized carbons (Fsp3) is 1.00. The predicted molar refractivity (Wildman–Crippen MR) is 96.4 cm³/mol. The molecule has 1 atom stereocenters. The third-order valence-electron chi connectivity index (χ3n) is 4.47. The molecule has 0 bridgehead atoms. The van der Waals surface area contributed by atoms with Gasteiger partial charge in [-0.05, 0) is 25.3 Å². The van der Waals surface area contributed by atoms with Crippen LogP contribution in [0.5, 0.6) is 0 Å². The van der Waals surface area contributed by atoms with Gasteiger partial charge in [-0.2, -0.15) is 0 Å². The molecule has 0 aliphatic heterocycles. The van der Waals surface area contributed by atoms with Crippen LogP contribution in [-0.2, 0) is 14.2 Å². The third kappa shape index (κ3) is 11.1. The molecule has 0 fully saturated rings. The van der Waals surface area contributed by atoms with E-state index in [1.807, 2.05) is 0 Å². The van der Waals surface area contributed by atoms with Gasteiger partial charge in [0.15, 0.2) is 0 Å². The van der Waals surface area contributed by atoms with Gasteiger partial charge < -0.3 is 25.3 Å². The van der Waals surface area contributed by atoms with Crippen LogP contribution in [0.2, 0.25) is 0 Å². The molecule has 0 aromatic heterocycles. The number of methoxy groups -OCH3 is 3. The van der Waals surface area contributed by atoms with Gasteiger partial charge in [0.05, 0.1) is 0 Å². The summed E-state index contributed by atoms with van der Waals surface area (Å²) in [6, 6.07) is 0. The fourth-order valence-electron chi connectivity index (χ4n) is 2.98. The van der Waals surface area contributed by atoms with E-state index in [1.165, 1.54) is 38.5 Å². The minimum Gasteiger partial charge on any atom is -0.331 e.